The fourth-order valence-electron chi connectivity index (χ4n) is 1.90. The third kappa shape index (κ3) is 4.32. The number of rotatable bonds is 6. The van der Waals surface area contributed by atoms with Gasteiger partial charge < -0.3 is 10.1 Å². The maximum Gasteiger partial charge on any atom is 0.0732 e. The minimum atomic E-state index is 0.594. The van der Waals surface area contributed by atoms with Crippen molar-refractivity contribution in [1.29, 1.82) is 0 Å². The Bertz CT molecular complexity index is 539. The van der Waals surface area contributed by atoms with Crippen molar-refractivity contribution in [2.45, 2.75) is 26.7 Å². The molecule has 1 aromatic heterocycles. The average molecular weight is 296 g/mol. The molecular formula is C15H18ClNOS. The molecule has 0 unspecified atom stereocenters. The molecule has 2 aromatic rings. The minimum absolute atomic E-state index is 0.594. The summed E-state index contributed by atoms with van der Waals surface area (Å²) in [5.41, 5.74) is 2.38. The summed E-state index contributed by atoms with van der Waals surface area (Å²) in [6.45, 7) is 4.30. The lowest BCUT2D eigenvalue weighted by Gasteiger charge is -2.04. The van der Waals surface area contributed by atoms with Crippen LogP contribution >= 0.6 is 22.9 Å². The van der Waals surface area contributed by atoms with E-state index < -0.39 is 0 Å². The Morgan fingerprint density at radius 2 is 2.11 bits per heavy atom. The Balaban J connectivity index is 1.88. The highest BCUT2D eigenvalue weighted by Crippen LogP contribution is 2.22. The summed E-state index contributed by atoms with van der Waals surface area (Å²) in [6, 6.07) is 10.0. The number of thiophene rings is 1. The van der Waals surface area contributed by atoms with Gasteiger partial charge in [0, 0.05) is 21.3 Å². The monoisotopic (exact) mass is 295 g/mol. The molecular weight excluding hydrogens is 278 g/mol. The van der Waals surface area contributed by atoms with E-state index in [-0.39, 0.29) is 0 Å². The molecule has 0 atom stereocenters. The van der Waals surface area contributed by atoms with Crippen LogP contribution in [-0.4, -0.2) is 7.05 Å². The molecule has 4 heteroatoms. The first-order chi connectivity index (χ1) is 9.19. The molecule has 2 nitrogen and oxygen atoms in total. The van der Waals surface area contributed by atoms with E-state index >= 15 is 0 Å². The molecule has 0 fully saturated rings. The first kappa shape index (κ1) is 14.5. The van der Waals surface area contributed by atoms with Crippen molar-refractivity contribution >= 4 is 22.9 Å². The van der Waals surface area contributed by atoms with Crippen LogP contribution in [0.2, 0.25) is 5.02 Å². The lowest BCUT2D eigenvalue weighted by molar-refractivity contribution is 0.107. The molecule has 0 saturated heterocycles. The Morgan fingerprint density at radius 3 is 2.84 bits per heavy atom. The molecule has 1 aromatic carbocycles. The molecule has 0 radical (unpaired) electrons. The van der Waals surface area contributed by atoms with Gasteiger partial charge in [0.25, 0.3) is 0 Å². The smallest absolute Gasteiger partial charge is 0.0732 e. The second kappa shape index (κ2) is 7.06. The summed E-state index contributed by atoms with van der Waals surface area (Å²) < 4.78 is 5.76. The van der Waals surface area contributed by atoms with Gasteiger partial charge in [-0.15, -0.1) is 11.3 Å². The minimum Gasteiger partial charge on any atom is -0.372 e. The lowest BCUT2D eigenvalue weighted by Crippen LogP contribution is -2.02. The van der Waals surface area contributed by atoms with Crippen molar-refractivity contribution in [2.24, 2.45) is 0 Å². The third-order valence-corrected chi connectivity index (χ3v) is 4.17. The van der Waals surface area contributed by atoms with Crippen LogP contribution in [0.3, 0.4) is 0 Å². The maximum atomic E-state index is 5.94. The van der Waals surface area contributed by atoms with E-state index in [4.69, 9.17) is 16.3 Å². The molecule has 1 N–H and O–H groups in total. The second-order valence-electron chi connectivity index (χ2n) is 4.45. The quantitative estimate of drug-likeness (QED) is 0.864. The Kier molecular flexibility index (Phi) is 5.40. The topological polar surface area (TPSA) is 21.3 Å². The molecule has 0 amide bonds. The SMILES string of the molecule is CNCc1cc(COCc2cccc(Cl)c2)c(C)s1. The van der Waals surface area contributed by atoms with Gasteiger partial charge in [0.15, 0.2) is 0 Å². The number of aryl methyl sites for hydroxylation is 1. The van der Waals surface area contributed by atoms with Crippen LogP contribution in [0, 0.1) is 6.92 Å². The molecule has 102 valence electrons. The number of ether oxygens (including phenoxy) is 1. The molecule has 0 spiro atoms. The van der Waals surface area contributed by atoms with E-state index in [0.717, 1.165) is 17.1 Å². The normalized spacial score (nSPS) is 10.9. The number of nitrogens with one attached hydrogen (secondary N) is 1. The van der Waals surface area contributed by atoms with Crippen LogP contribution in [0.4, 0.5) is 0 Å². The van der Waals surface area contributed by atoms with Crippen molar-refractivity contribution in [1.82, 2.24) is 5.32 Å². The standard InChI is InChI=1S/C15H18ClNOS/c1-11-13(7-15(19-11)8-17-2)10-18-9-12-4-3-5-14(16)6-12/h3-7,17H,8-10H2,1-2H3. The van der Waals surface area contributed by atoms with Gasteiger partial charge in [-0.05, 0) is 43.3 Å². The summed E-state index contributed by atoms with van der Waals surface area (Å²) in [7, 11) is 1.96. The zero-order chi connectivity index (χ0) is 13.7. The van der Waals surface area contributed by atoms with Crippen molar-refractivity contribution in [3.8, 4) is 0 Å². The van der Waals surface area contributed by atoms with Crippen LogP contribution in [0.25, 0.3) is 0 Å². The van der Waals surface area contributed by atoms with Gasteiger partial charge in [-0.2, -0.15) is 0 Å². The summed E-state index contributed by atoms with van der Waals surface area (Å²) in [6.07, 6.45) is 0. The van der Waals surface area contributed by atoms with Gasteiger partial charge >= 0.3 is 0 Å². The molecule has 1 heterocycles. The first-order valence-corrected chi connectivity index (χ1v) is 7.43. The fraction of sp³-hybridized carbons (Fsp3) is 0.333. The van der Waals surface area contributed by atoms with Crippen LogP contribution < -0.4 is 5.32 Å². The fourth-order valence-corrected chi connectivity index (χ4v) is 3.17. The van der Waals surface area contributed by atoms with Crippen molar-refractivity contribution in [3.05, 3.63) is 56.2 Å². The molecule has 19 heavy (non-hydrogen) atoms. The van der Waals surface area contributed by atoms with Crippen molar-refractivity contribution in [2.75, 3.05) is 7.05 Å². The summed E-state index contributed by atoms with van der Waals surface area (Å²) in [4.78, 5) is 2.68. The molecule has 0 saturated carbocycles. The number of hydrogen-bond donors (Lipinski definition) is 1. The molecule has 2 rings (SSSR count). The number of halogens is 1. The Morgan fingerprint density at radius 1 is 1.26 bits per heavy atom. The average Bonchev–Trinajstić information content (AvgIpc) is 2.71. The number of hydrogen-bond acceptors (Lipinski definition) is 3. The third-order valence-electron chi connectivity index (χ3n) is 2.84. The summed E-state index contributed by atoms with van der Waals surface area (Å²) in [5, 5.41) is 3.92. The van der Waals surface area contributed by atoms with E-state index in [1.54, 1.807) is 0 Å². The molecule has 0 bridgehead atoms. The highest BCUT2D eigenvalue weighted by atomic mass is 35.5. The second-order valence-corrected chi connectivity index (χ2v) is 6.22. The largest absolute Gasteiger partial charge is 0.372 e. The zero-order valence-electron chi connectivity index (χ0n) is 11.2. The van der Waals surface area contributed by atoms with Gasteiger partial charge in [-0.3, -0.25) is 0 Å². The highest BCUT2D eigenvalue weighted by Gasteiger charge is 2.05. The van der Waals surface area contributed by atoms with Crippen LogP contribution in [-0.2, 0) is 24.5 Å². The predicted octanol–water partition coefficient (Wildman–Crippen LogP) is 4.15. The predicted molar refractivity (Wildman–Crippen MR) is 81.8 cm³/mol. The van der Waals surface area contributed by atoms with Gasteiger partial charge in [0.1, 0.15) is 0 Å². The van der Waals surface area contributed by atoms with Crippen LogP contribution in [0.1, 0.15) is 20.9 Å². The lowest BCUT2D eigenvalue weighted by atomic mass is 10.2. The van der Waals surface area contributed by atoms with Gasteiger partial charge in [-0.1, -0.05) is 23.7 Å². The first-order valence-electron chi connectivity index (χ1n) is 6.24. The van der Waals surface area contributed by atoms with Crippen LogP contribution in [0.15, 0.2) is 30.3 Å². The van der Waals surface area contributed by atoms with Gasteiger partial charge in [0.05, 0.1) is 13.2 Å². The van der Waals surface area contributed by atoms with Crippen LogP contribution in [0.5, 0.6) is 0 Å². The molecule has 0 aliphatic heterocycles. The van der Waals surface area contributed by atoms with Crippen molar-refractivity contribution in [3.63, 3.8) is 0 Å². The molecule has 0 aliphatic rings. The van der Waals surface area contributed by atoms with E-state index in [9.17, 15) is 0 Å². The Labute approximate surface area is 123 Å². The zero-order valence-corrected chi connectivity index (χ0v) is 12.8. The Hall–Kier alpha value is -0.870. The van der Waals surface area contributed by atoms with E-state index in [1.807, 2.05) is 42.6 Å². The highest BCUT2D eigenvalue weighted by molar-refractivity contribution is 7.12. The number of benzene rings is 1. The summed E-state index contributed by atoms with van der Waals surface area (Å²) in [5.74, 6) is 0. The van der Waals surface area contributed by atoms with Crippen molar-refractivity contribution < 1.29 is 4.74 Å². The maximum absolute atomic E-state index is 5.94. The van der Waals surface area contributed by atoms with E-state index in [1.165, 1.54) is 15.3 Å². The van der Waals surface area contributed by atoms with E-state index in [2.05, 4.69) is 18.3 Å². The summed E-state index contributed by atoms with van der Waals surface area (Å²) >= 11 is 7.77. The molecule has 0 aliphatic carbocycles. The van der Waals surface area contributed by atoms with Gasteiger partial charge in [-0.25, -0.2) is 0 Å². The van der Waals surface area contributed by atoms with Gasteiger partial charge in [0.2, 0.25) is 0 Å². The van der Waals surface area contributed by atoms with E-state index in [0.29, 0.717) is 13.2 Å².